The Morgan fingerprint density at radius 3 is 2.64 bits per heavy atom. The summed E-state index contributed by atoms with van der Waals surface area (Å²) in [6.07, 6.45) is 3.35. The van der Waals surface area contributed by atoms with Crippen LogP contribution in [0.3, 0.4) is 0 Å². The number of carbonyl (C=O) groups excluding carboxylic acids is 1. The van der Waals surface area contributed by atoms with Gasteiger partial charge in [0.2, 0.25) is 0 Å². The van der Waals surface area contributed by atoms with Crippen molar-refractivity contribution in [3.05, 3.63) is 66.1 Å². The average molecular weight is 335 g/mol. The molecule has 0 saturated heterocycles. The third-order valence-corrected chi connectivity index (χ3v) is 3.97. The second kappa shape index (κ2) is 7.61. The molecule has 25 heavy (non-hydrogen) atoms. The van der Waals surface area contributed by atoms with Crippen molar-refractivity contribution in [3.63, 3.8) is 0 Å². The Kier molecular flexibility index (Phi) is 5.09. The summed E-state index contributed by atoms with van der Waals surface area (Å²) >= 11 is 0. The number of aromatic nitrogens is 3. The molecule has 0 aliphatic heterocycles. The molecule has 0 fully saturated rings. The fourth-order valence-electron chi connectivity index (χ4n) is 2.59. The average Bonchev–Trinajstić information content (AvgIpc) is 3.02. The molecule has 0 aliphatic carbocycles. The molecule has 3 aromatic rings. The molecule has 0 atom stereocenters. The van der Waals surface area contributed by atoms with Gasteiger partial charge in [-0.05, 0) is 18.6 Å². The minimum atomic E-state index is -0.142. The van der Waals surface area contributed by atoms with Crippen LogP contribution in [0.25, 0.3) is 11.4 Å². The van der Waals surface area contributed by atoms with E-state index in [0.717, 1.165) is 22.8 Å². The molecule has 6 heteroatoms. The summed E-state index contributed by atoms with van der Waals surface area (Å²) in [5.41, 5.74) is 2.59. The quantitative estimate of drug-likeness (QED) is 0.679. The van der Waals surface area contributed by atoms with E-state index in [1.54, 1.807) is 17.0 Å². The fourth-order valence-corrected chi connectivity index (χ4v) is 2.59. The van der Waals surface area contributed by atoms with Crippen molar-refractivity contribution in [2.24, 2.45) is 7.05 Å². The summed E-state index contributed by atoms with van der Waals surface area (Å²) < 4.78 is 1.81. The molecule has 3 rings (SSSR count). The van der Waals surface area contributed by atoms with E-state index in [-0.39, 0.29) is 5.91 Å². The largest absolute Gasteiger partial charge is 0.368 e. The van der Waals surface area contributed by atoms with E-state index >= 15 is 0 Å². The highest BCUT2D eigenvalue weighted by Gasteiger charge is 2.14. The molecule has 1 amide bonds. The van der Waals surface area contributed by atoms with E-state index in [0.29, 0.717) is 18.8 Å². The predicted molar refractivity (Wildman–Crippen MR) is 98.4 cm³/mol. The van der Waals surface area contributed by atoms with Crippen LogP contribution in [0.1, 0.15) is 16.1 Å². The molecule has 2 N–H and O–H groups in total. The van der Waals surface area contributed by atoms with Crippen LogP contribution in [-0.4, -0.2) is 33.5 Å². The molecule has 0 unspecified atom stereocenters. The number of benzene rings is 1. The maximum absolute atomic E-state index is 12.4. The molecule has 2 aromatic heterocycles. The zero-order chi connectivity index (χ0) is 17.6. The number of hydrogen-bond donors (Lipinski definition) is 2. The first-order valence-electron chi connectivity index (χ1n) is 8.17. The van der Waals surface area contributed by atoms with Gasteiger partial charge in [-0.2, -0.15) is 0 Å². The number of nitrogens with zero attached hydrogens (tertiary/aromatic N) is 3. The zero-order valence-corrected chi connectivity index (χ0v) is 14.4. The van der Waals surface area contributed by atoms with Crippen molar-refractivity contribution in [3.8, 4) is 11.4 Å². The number of pyridine rings is 1. The topological polar surface area (TPSA) is 71.8 Å². The van der Waals surface area contributed by atoms with Crippen LogP contribution in [0.2, 0.25) is 0 Å². The van der Waals surface area contributed by atoms with E-state index in [4.69, 9.17) is 0 Å². The summed E-state index contributed by atoms with van der Waals surface area (Å²) in [6.45, 7) is 3.10. The number of imidazole rings is 1. The van der Waals surface area contributed by atoms with Crippen molar-refractivity contribution < 1.29 is 4.79 Å². The lowest BCUT2D eigenvalue weighted by Gasteiger charge is -2.10. The molecule has 2 heterocycles. The molecular weight excluding hydrogens is 314 g/mol. The van der Waals surface area contributed by atoms with Crippen molar-refractivity contribution in [2.75, 3.05) is 18.4 Å². The Morgan fingerprint density at radius 1 is 1.08 bits per heavy atom. The third kappa shape index (κ3) is 3.85. The van der Waals surface area contributed by atoms with Gasteiger partial charge in [0.1, 0.15) is 17.3 Å². The highest BCUT2D eigenvalue weighted by Crippen LogP contribution is 2.17. The summed E-state index contributed by atoms with van der Waals surface area (Å²) in [7, 11) is 1.85. The highest BCUT2D eigenvalue weighted by molar-refractivity contribution is 5.93. The monoisotopic (exact) mass is 335 g/mol. The van der Waals surface area contributed by atoms with Crippen molar-refractivity contribution in [2.45, 2.75) is 6.92 Å². The predicted octanol–water partition coefficient (Wildman–Crippen LogP) is 2.63. The first-order chi connectivity index (χ1) is 12.2. The molecule has 128 valence electrons. The lowest BCUT2D eigenvalue weighted by molar-refractivity contribution is 0.0947. The summed E-state index contributed by atoms with van der Waals surface area (Å²) in [5.74, 6) is 1.47. The zero-order valence-electron chi connectivity index (χ0n) is 14.4. The van der Waals surface area contributed by atoms with Gasteiger partial charge in [-0.1, -0.05) is 36.4 Å². The van der Waals surface area contributed by atoms with Gasteiger partial charge in [-0.3, -0.25) is 4.79 Å². The Bertz CT molecular complexity index is 857. The SMILES string of the molecule is Cc1cccnc1NCCNC(=O)c1cnc(-c2ccccc2)n1C. The summed E-state index contributed by atoms with van der Waals surface area (Å²) in [6, 6.07) is 13.7. The number of carbonyl (C=O) groups is 1. The smallest absolute Gasteiger partial charge is 0.269 e. The first kappa shape index (κ1) is 16.7. The van der Waals surface area contributed by atoms with Crippen LogP contribution in [-0.2, 0) is 7.05 Å². The number of hydrogen-bond acceptors (Lipinski definition) is 4. The highest BCUT2D eigenvalue weighted by atomic mass is 16.1. The minimum Gasteiger partial charge on any atom is -0.368 e. The number of nitrogens with one attached hydrogen (secondary N) is 2. The summed E-state index contributed by atoms with van der Waals surface area (Å²) in [4.78, 5) is 21.0. The van der Waals surface area contributed by atoms with Crippen LogP contribution >= 0.6 is 0 Å². The summed E-state index contributed by atoms with van der Waals surface area (Å²) in [5, 5.41) is 6.12. The Hall–Kier alpha value is -3.15. The molecule has 0 radical (unpaired) electrons. The van der Waals surface area contributed by atoms with Crippen LogP contribution in [0.15, 0.2) is 54.9 Å². The van der Waals surface area contributed by atoms with E-state index < -0.39 is 0 Å². The second-order valence-electron chi connectivity index (χ2n) is 5.74. The van der Waals surface area contributed by atoms with Crippen LogP contribution < -0.4 is 10.6 Å². The van der Waals surface area contributed by atoms with Gasteiger partial charge in [-0.15, -0.1) is 0 Å². The van der Waals surface area contributed by atoms with Gasteiger partial charge in [0.25, 0.3) is 5.91 Å². The molecule has 0 spiro atoms. The Balaban J connectivity index is 1.57. The normalized spacial score (nSPS) is 10.5. The van der Waals surface area contributed by atoms with E-state index in [1.165, 1.54) is 0 Å². The molecular formula is C19H21N5O. The van der Waals surface area contributed by atoms with E-state index in [2.05, 4.69) is 20.6 Å². The van der Waals surface area contributed by atoms with Gasteiger partial charge in [0.05, 0.1) is 6.20 Å². The number of anilines is 1. The van der Waals surface area contributed by atoms with Gasteiger partial charge in [0, 0.05) is 31.9 Å². The van der Waals surface area contributed by atoms with Gasteiger partial charge >= 0.3 is 0 Å². The first-order valence-corrected chi connectivity index (χ1v) is 8.17. The van der Waals surface area contributed by atoms with Crippen LogP contribution in [0.4, 0.5) is 5.82 Å². The maximum Gasteiger partial charge on any atom is 0.269 e. The van der Waals surface area contributed by atoms with Gasteiger partial charge < -0.3 is 15.2 Å². The molecule has 6 nitrogen and oxygen atoms in total. The van der Waals surface area contributed by atoms with E-state index in [1.807, 2.05) is 56.4 Å². The lowest BCUT2D eigenvalue weighted by atomic mass is 10.2. The van der Waals surface area contributed by atoms with Crippen molar-refractivity contribution >= 4 is 11.7 Å². The van der Waals surface area contributed by atoms with Crippen LogP contribution in [0, 0.1) is 6.92 Å². The molecule has 0 aliphatic rings. The minimum absolute atomic E-state index is 0.142. The van der Waals surface area contributed by atoms with Crippen LogP contribution in [0.5, 0.6) is 0 Å². The third-order valence-electron chi connectivity index (χ3n) is 3.97. The van der Waals surface area contributed by atoms with Crippen molar-refractivity contribution in [1.29, 1.82) is 0 Å². The molecule has 0 bridgehead atoms. The van der Waals surface area contributed by atoms with E-state index in [9.17, 15) is 4.79 Å². The Morgan fingerprint density at radius 2 is 1.88 bits per heavy atom. The lowest BCUT2D eigenvalue weighted by Crippen LogP contribution is -2.30. The second-order valence-corrected chi connectivity index (χ2v) is 5.74. The maximum atomic E-state index is 12.4. The Labute approximate surface area is 146 Å². The van der Waals surface area contributed by atoms with Crippen molar-refractivity contribution in [1.82, 2.24) is 19.9 Å². The van der Waals surface area contributed by atoms with Gasteiger partial charge in [0.15, 0.2) is 0 Å². The number of aryl methyl sites for hydroxylation is 1. The molecule has 1 aromatic carbocycles. The number of rotatable bonds is 6. The number of amides is 1. The fraction of sp³-hybridized carbons (Fsp3) is 0.211. The van der Waals surface area contributed by atoms with Gasteiger partial charge in [-0.25, -0.2) is 9.97 Å². The standard InChI is InChI=1S/C19H21N5O/c1-14-7-6-10-20-17(14)21-11-12-22-19(25)16-13-23-18(24(16)2)15-8-4-3-5-9-15/h3-10,13H,11-12H2,1-2H3,(H,20,21)(H,22,25). The molecule has 0 saturated carbocycles.